The average molecular weight is 418 g/mol. The Balaban J connectivity index is 1.48. The Morgan fingerprint density at radius 1 is 1.23 bits per heavy atom. The van der Waals surface area contributed by atoms with Gasteiger partial charge >= 0.3 is 5.63 Å². The number of nitrogens with zero attached hydrogens (tertiary/aromatic N) is 4. The molecule has 1 amide bonds. The predicted octanol–water partition coefficient (Wildman–Crippen LogP) is 2.47. The highest BCUT2D eigenvalue weighted by atomic mass is 16.5. The maximum atomic E-state index is 13.0. The van der Waals surface area contributed by atoms with Crippen LogP contribution in [-0.4, -0.2) is 34.2 Å². The van der Waals surface area contributed by atoms with E-state index in [9.17, 15) is 9.59 Å². The number of hydrogen-bond acceptors (Lipinski definition) is 6. The van der Waals surface area contributed by atoms with E-state index in [4.69, 9.17) is 14.4 Å². The molecule has 8 heteroatoms. The number of carbonyl (C=O) groups excluding carboxylic acids is 1. The highest BCUT2D eigenvalue weighted by Crippen LogP contribution is 2.18. The summed E-state index contributed by atoms with van der Waals surface area (Å²) in [5.74, 6) is 0.975. The molecular formula is C23H22N4O4. The molecule has 4 rings (SSSR count). The lowest BCUT2D eigenvalue weighted by Crippen LogP contribution is -2.40. The molecule has 0 spiro atoms. The third kappa shape index (κ3) is 4.21. The Hall–Kier alpha value is -3.86. The molecule has 2 aromatic heterocycles. The zero-order valence-electron chi connectivity index (χ0n) is 17.4. The molecule has 0 unspecified atom stereocenters. The molecule has 0 atom stereocenters. The second-order valence-electron chi connectivity index (χ2n) is 7.49. The maximum Gasteiger partial charge on any atom is 0.349 e. The smallest absolute Gasteiger partial charge is 0.349 e. The number of benzene rings is 1. The fourth-order valence-electron chi connectivity index (χ4n) is 3.77. The van der Waals surface area contributed by atoms with Crippen molar-refractivity contribution in [2.45, 2.75) is 32.9 Å². The van der Waals surface area contributed by atoms with Crippen LogP contribution >= 0.6 is 0 Å². The van der Waals surface area contributed by atoms with Crippen LogP contribution in [0.2, 0.25) is 0 Å². The molecule has 1 aliphatic rings. The van der Waals surface area contributed by atoms with Gasteiger partial charge in [0.15, 0.2) is 5.69 Å². The van der Waals surface area contributed by atoms with Gasteiger partial charge in [0, 0.05) is 13.0 Å². The molecule has 8 nitrogen and oxygen atoms in total. The lowest BCUT2D eigenvalue weighted by Gasteiger charge is -2.27. The lowest BCUT2D eigenvalue weighted by molar-refractivity contribution is 0.0700. The number of hydrogen-bond donors (Lipinski definition) is 0. The zero-order valence-corrected chi connectivity index (χ0v) is 17.4. The zero-order chi connectivity index (χ0) is 22.0. The number of methoxy groups -OCH3 is 1. The van der Waals surface area contributed by atoms with E-state index in [1.807, 2.05) is 30.3 Å². The first kappa shape index (κ1) is 20.4. The molecule has 0 saturated carbocycles. The van der Waals surface area contributed by atoms with Gasteiger partial charge in [0.05, 0.1) is 25.9 Å². The van der Waals surface area contributed by atoms with Crippen LogP contribution < -0.4 is 10.4 Å². The van der Waals surface area contributed by atoms with E-state index in [0.717, 1.165) is 17.0 Å². The second-order valence-corrected chi connectivity index (χ2v) is 7.49. The van der Waals surface area contributed by atoms with E-state index in [-0.39, 0.29) is 11.5 Å². The van der Waals surface area contributed by atoms with Crippen LogP contribution in [0.3, 0.4) is 0 Å². The van der Waals surface area contributed by atoms with Crippen LogP contribution in [0, 0.1) is 18.3 Å². The van der Waals surface area contributed by atoms with Gasteiger partial charge in [-0.25, -0.2) is 4.79 Å². The van der Waals surface area contributed by atoms with Crippen LogP contribution in [0.5, 0.6) is 5.75 Å². The van der Waals surface area contributed by atoms with Crippen molar-refractivity contribution in [1.82, 2.24) is 14.7 Å². The summed E-state index contributed by atoms with van der Waals surface area (Å²) in [5.41, 5.74) is 2.23. The number of carbonyl (C=O) groups is 1. The van der Waals surface area contributed by atoms with E-state index in [1.54, 1.807) is 35.7 Å². The van der Waals surface area contributed by atoms with E-state index in [1.165, 1.54) is 0 Å². The molecule has 1 aromatic carbocycles. The van der Waals surface area contributed by atoms with Crippen molar-refractivity contribution in [3.05, 3.63) is 80.7 Å². The Labute approximate surface area is 179 Å². The van der Waals surface area contributed by atoms with Gasteiger partial charge in [0.25, 0.3) is 5.91 Å². The molecule has 0 fully saturated rings. The molecule has 0 saturated heterocycles. The third-order valence-electron chi connectivity index (χ3n) is 5.43. The molecular weight excluding hydrogens is 396 g/mol. The first-order valence-corrected chi connectivity index (χ1v) is 10.0. The minimum absolute atomic E-state index is 0.0571. The fraction of sp³-hybridized carbons (Fsp3) is 0.304. The summed E-state index contributed by atoms with van der Waals surface area (Å²) >= 11 is 0. The predicted molar refractivity (Wildman–Crippen MR) is 112 cm³/mol. The van der Waals surface area contributed by atoms with Gasteiger partial charge in [-0.3, -0.25) is 9.48 Å². The third-order valence-corrected chi connectivity index (χ3v) is 5.43. The van der Waals surface area contributed by atoms with Gasteiger partial charge in [0.1, 0.15) is 23.1 Å². The Bertz CT molecular complexity index is 1220. The minimum Gasteiger partial charge on any atom is -0.497 e. The van der Waals surface area contributed by atoms with Gasteiger partial charge in [0.2, 0.25) is 0 Å². The molecule has 3 heterocycles. The quantitative estimate of drug-likeness (QED) is 0.631. The SMILES string of the molecule is COc1ccc(CCc2cc(C)c(C(=O)N3CCn4nc(C#N)cc4C3)c(=O)o2)cc1. The summed E-state index contributed by atoms with van der Waals surface area (Å²) in [6.07, 6.45) is 1.26. The van der Waals surface area contributed by atoms with Crippen molar-refractivity contribution in [3.8, 4) is 11.8 Å². The van der Waals surface area contributed by atoms with Gasteiger partial charge in [-0.1, -0.05) is 12.1 Å². The summed E-state index contributed by atoms with van der Waals surface area (Å²) in [6, 6.07) is 13.2. The van der Waals surface area contributed by atoms with Crippen molar-refractivity contribution >= 4 is 5.91 Å². The second kappa shape index (κ2) is 8.48. The first-order chi connectivity index (χ1) is 15.0. The van der Waals surface area contributed by atoms with Crippen molar-refractivity contribution in [1.29, 1.82) is 5.26 Å². The van der Waals surface area contributed by atoms with E-state index in [2.05, 4.69) is 5.10 Å². The largest absolute Gasteiger partial charge is 0.497 e. The van der Waals surface area contributed by atoms with E-state index >= 15 is 0 Å². The van der Waals surface area contributed by atoms with E-state index in [0.29, 0.717) is 49.5 Å². The summed E-state index contributed by atoms with van der Waals surface area (Å²) in [7, 11) is 1.62. The van der Waals surface area contributed by atoms with Crippen molar-refractivity contribution in [3.63, 3.8) is 0 Å². The molecule has 3 aromatic rings. The number of amides is 1. The van der Waals surface area contributed by atoms with Crippen LogP contribution in [0.15, 0.2) is 45.6 Å². The first-order valence-electron chi connectivity index (χ1n) is 10.0. The van der Waals surface area contributed by atoms with Gasteiger partial charge < -0.3 is 14.1 Å². The topological polar surface area (TPSA) is 101 Å². The fourth-order valence-corrected chi connectivity index (χ4v) is 3.77. The van der Waals surface area contributed by atoms with E-state index < -0.39 is 5.63 Å². The number of nitriles is 1. The minimum atomic E-state index is -0.619. The highest BCUT2D eigenvalue weighted by Gasteiger charge is 2.27. The Kier molecular flexibility index (Phi) is 5.58. The Morgan fingerprint density at radius 2 is 2.00 bits per heavy atom. The number of fused-ring (bicyclic) bond motifs is 1. The summed E-state index contributed by atoms with van der Waals surface area (Å²) in [5, 5.41) is 13.2. The number of ether oxygens (including phenoxy) is 1. The standard InChI is InChI=1S/C23H22N4O4/c1-15-11-20(8-5-16-3-6-19(30-2)7-4-16)31-23(29)21(15)22(28)26-9-10-27-18(14-26)12-17(13-24)25-27/h3-4,6-7,11-12H,5,8-10,14H2,1-2H3. The van der Waals surface area contributed by atoms with Gasteiger partial charge in [-0.05, 0) is 48.7 Å². The van der Waals surface area contributed by atoms with Crippen molar-refractivity contribution in [2.24, 2.45) is 0 Å². The average Bonchev–Trinajstić information content (AvgIpc) is 3.20. The highest BCUT2D eigenvalue weighted by molar-refractivity contribution is 5.95. The molecule has 0 aliphatic carbocycles. The van der Waals surface area contributed by atoms with Crippen LogP contribution in [0.25, 0.3) is 0 Å². The normalized spacial score (nSPS) is 12.9. The summed E-state index contributed by atoms with van der Waals surface area (Å²) in [4.78, 5) is 27.3. The van der Waals surface area contributed by atoms with Gasteiger partial charge in [-0.2, -0.15) is 10.4 Å². The number of aromatic nitrogens is 2. The monoisotopic (exact) mass is 418 g/mol. The van der Waals surface area contributed by atoms with Crippen LogP contribution in [0.4, 0.5) is 0 Å². The molecule has 0 N–H and O–H groups in total. The number of aryl methyl sites for hydroxylation is 3. The molecule has 0 bridgehead atoms. The van der Waals surface area contributed by atoms with Crippen molar-refractivity contribution < 1.29 is 13.9 Å². The lowest BCUT2D eigenvalue weighted by atomic mass is 10.1. The maximum absolute atomic E-state index is 13.0. The molecule has 158 valence electrons. The molecule has 31 heavy (non-hydrogen) atoms. The van der Waals surface area contributed by atoms with Crippen LogP contribution in [0.1, 0.15) is 38.6 Å². The number of rotatable bonds is 5. The molecule has 0 radical (unpaired) electrons. The summed E-state index contributed by atoms with van der Waals surface area (Å²) in [6.45, 7) is 2.94. The van der Waals surface area contributed by atoms with Gasteiger partial charge in [-0.15, -0.1) is 0 Å². The summed E-state index contributed by atoms with van der Waals surface area (Å²) < 4.78 is 12.4. The molecule has 1 aliphatic heterocycles. The van der Waals surface area contributed by atoms with Crippen LogP contribution in [-0.2, 0) is 25.9 Å². The van der Waals surface area contributed by atoms with Crippen molar-refractivity contribution in [2.75, 3.05) is 13.7 Å². The Morgan fingerprint density at radius 3 is 2.68 bits per heavy atom.